The van der Waals surface area contributed by atoms with Gasteiger partial charge in [0.25, 0.3) is 0 Å². The smallest absolute Gasteiger partial charge is 0.330 e. The number of carboxylic acid groups (broad SMARTS) is 1. The van der Waals surface area contributed by atoms with E-state index in [4.69, 9.17) is 5.11 Å². The minimum absolute atomic E-state index is 0.241. The highest BCUT2D eigenvalue weighted by Crippen LogP contribution is 2.28. The first-order valence-electron chi connectivity index (χ1n) is 6.71. The summed E-state index contributed by atoms with van der Waals surface area (Å²) in [5.74, 6) is -1.58. The van der Waals surface area contributed by atoms with Crippen LogP contribution in [0, 0.1) is 12.7 Å². The molecule has 2 aromatic carbocycles. The number of carboxylic acids is 1. The summed E-state index contributed by atoms with van der Waals surface area (Å²) < 4.78 is 13.5. The highest BCUT2D eigenvalue weighted by atomic mass is 19.1. The van der Waals surface area contributed by atoms with Gasteiger partial charge in [-0.2, -0.15) is 0 Å². The molecule has 0 saturated heterocycles. The number of hydrogen-bond acceptors (Lipinski definition) is 1. The average molecular weight is 284 g/mol. The highest BCUT2D eigenvalue weighted by molar-refractivity contribution is 5.86. The zero-order valence-electron chi connectivity index (χ0n) is 12.0. The first kappa shape index (κ1) is 15.0. The second kappa shape index (κ2) is 6.35. The molecule has 1 unspecified atom stereocenters. The number of hydrogen-bond donors (Lipinski definition) is 1. The van der Waals surface area contributed by atoms with Gasteiger partial charge in [-0.15, -0.1) is 0 Å². The van der Waals surface area contributed by atoms with Crippen LogP contribution in [0.25, 0.3) is 0 Å². The number of aliphatic carboxylic acids is 1. The van der Waals surface area contributed by atoms with Gasteiger partial charge in [-0.25, -0.2) is 9.18 Å². The van der Waals surface area contributed by atoms with E-state index in [9.17, 15) is 9.18 Å². The fourth-order valence-corrected chi connectivity index (χ4v) is 2.18. The first-order valence-corrected chi connectivity index (χ1v) is 6.71. The summed E-state index contributed by atoms with van der Waals surface area (Å²) in [6.07, 6.45) is 1.65. The standard InChI is InChI=1S/C18H17FO2/c1-12-6-8-14(9-7-12)17(10-13(2)18(20)21)15-4-3-5-16(19)11-15/h3-11,17H,1-2H3,(H,20,21). The predicted octanol–water partition coefficient (Wildman–Crippen LogP) is 4.30. The molecule has 0 amide bonds. The molecular formula is C18H17FO2. The lowest BCUT2D eigenvalue weighted by molar-refractivity contribution is -0.132. The Morgan fingerprint density at radius 3 is 2.38 bits per heavy atom. The Hall–Kier alpha value is -2.42. The lowest BCUT2D eigenvalue weighted by Crippen LogP contribution is -2.03. The number of halogens is 1. The first-order chi connectivity index (χ1) is 9.97. The summed E-state index contributed by atoms with van der Waals surface area (Å²) in [6.45, 7) is 3.53. The van der Waals surface area contributed by atoms with E-state index in [0.29, 0.717) is 0 Å². The van der Waals surface area contributed by atoms with Gasteiger partial charge in [-0.1, -0.05) is 48.0 Å². The molecular weight excluding hydrogens is 267 g/mol. The molecule has 0 aliphatic carbocycles. The van der Waals surface area contributed by atoms with Gasteiger partial charge in [0.1, 0.15) is 5.82 Å². The Morgan fingerprint density at radius 2 is 1.81 bits per heavy atom. The number of allylic oxidation sites excluding steroid dienone is 1. The predicted molar refractivity (Wildman–Crippen MR) is 80.8 cm³/mol. The molecule has 0 aliphatic rings. The van der Waals surface area contributed by atoms with Crippen LogP contribution in [-0.2, 0) is 4.79 Å². The Labute approximate surface area is 123 Å². The lowest BCUT2D eigenvalue weighted by atomic mass is 9.89. The van der Waals surface area contributed by atoms with Crippen LogP contribution in [0.5, 0.6) is 0 Å². The molecule has 0 aromatic heterocycles. The Morgan fingerprint density at radius 1 is 1.14 bits per heavy atom. The molecule has 0 saturated carbocycles. The van der Waals surface area contributed by atoms with Crippen LogP contribution in [0.3, 0.4) is 0 Å². The van der Waals surface area contributed by atoms with Crippen LogP contribution in [0.15, 0.2) is 60.2 Å². The second-order valence-electron chi connectivity index (χ2n) is 5.10. The van der Waals surface area contributed by atoms with Crippen LogP contribution < -0.4 is 0 Å². The zero-order chi connectivity index (χ0) is 15.4. The Bertz CT molecular complexity index is 672. The van der Waals surface area contributed by atoms with Crippen molar-refractivity contribution in [3.63, 3.8) is 0 Å². The van der Waals surface area contributed by atoms with Crippen molar-refractivity contribution in [2.45, 2.75) is 19.8 Å². The molecule has 1 atom stereocenters. The summed E-state index contributed by atoms with van der Waals surface area (Å²) in [4.78, 5) is 11.1. The molecule has 2 nitrogen and oxygen atoms in total. The van der Waals surface area contributed by atoms with Gasteiger partial charge in [0.2, 0.25) is 0 Å². The summed E-state index contributed by atoms with van der Waals surface area (Å²) in [5, 5.41) is 9.08. The van der Waals surface area contributed by atoms with Gasteiger partial charge < -0.3 is 5.11 Å². The van der Waals surface area contributed by atoms with E-state index >= 15 is 0 Å². The van der Waals surface area contributed by atoms with Crippen molar-refractivity contribution in [3.8, 4) is 0 Å². The fraction of sp³-hybridized carbons (Fsp3) is 0.167. The minimum Gasteiger partial charge on any atom is -0.478 e. The third-order valence-corrected chi connectivity index (χ3v) is 3.40. The van der Waals surface area contributed by atoms with Crippen molar-refractivity contribution in [2.24, 2.45) is 0 Å². The summed E-state index contributed by atoms with van der Waals surface area (Å²) in [5.41, 5.74) is 3.03. The van der Waals surface area contributed by atoms with Crippen molar-refractivity contribution < 1.29 is 14.3 Å². The van der Waals surface area contributed by atoms with Crippen molar-refractivity contribution in [1.29, 1.82) is 0 Å². The molecule has 21 heavy (non-hydrogen) atoms. The van der Waals surface area contributed by atoms with Gasteiger partial charge in [-0.3, -0.25) is 0 Å². The van der Waals surface area contributed by atoms with E-state index < -0.39 is 5.97 Å². The molecule has 0 heterocycles. The van der Waals surface area contributed by atoms with Crippen molar-refractivity contribution in [2.75, 3.05) is 0 Å². The minimum atomic E-state index is -0.969. The highest BCUT2D eigenvalue weighted by Gasteiger charge is 2.14. The summed E-state index contributed by atoms with van der Waals surface area (Å²) in [7, 11) is 0. The van der Waals surface area contributed by atoms with E-state index in [0.717, 1.165) is 16.7 Å². The number of carbonyl (C=O) groups is 1. The SMILES string of the molecule is CC(=CC(c1ccc(C)cc1)c1cccc(F)c1)C(=O)O. The van der Waals surface area contributed by atoms with E-state index in [-0.39, 0.29) is 17.3 Å². The Kier molecular flexibility index (Phi) is 4.53. The van der Waals surface area contributed by atoms with Crippen LogP contribution >= 0.6 is 0 Å². The van der Waals surface area contributed by atoms with Crippen LogP contribution in [0.4, 0.5) is 4.39 Å². The fourth-order valence-electron chi connectivity index (χ4n) is 2.18. The van der Waals surface area contributed by atoms with Crippen molar-refractivity contribution in [1.82, 2.24) is 0 Å². The molecule has 0 spiro atoms. The average Bonchev–Trinajstić information content (AvgIpc) is 2.45. The van der Waals surface area contributed by atoms with Crippen LogP contribution in [0.2, 0.25) is 0 Å². The summed E-state index contributed by atoms with van der Waals surface area (Å²) in [6, 6.07) is 14.1. The largest absolute Gasteiger partial charge is 0.478 e. The number of aryl methyl sites for hydroxylation is 1. The van der Waals surface area contributed by atoms with Crippen molar-refractivity contribution >= 4 is 5.97 Å². The lowest BCUT2D eigenvalue weighted by Gasteiger charge is -2.15. The molecule has 0 radical (unpaired) electrons. The molecule has 0 bridgehead atoms. The maximum absolute atomic E-state index is 13.5. The molecule has 0 aliphatic heterocycles. The van der Waals surface area contributed by atoms with Gasteiger partial charge in [0, 0.05) is 11.5 Å². The van der Waals surface area contributed by atoms with Gasteiger partial charge in [-0.05, 0) is 37.1 Å². The number of benzene rings is 2. The molecule has 3 heteroatoms. The maximum Gasteiger partial charge on any atom is 0.330 e. The Balaban J connectivity index is 2.51. The van der Waals surface area contributed by atoms with Gasteiger partial charge in [0.15, 0.2) is 0 Å². The molecule has 2 rings (SSSR count). The van der Waals surface area contributed by atoms with Crippen molar-refractivity contribution in [3.05, 3.63) is 82.7 Å². The van der Waals surface area contributed by atoms with E-state index in [1.165, 1.54) is 12.1 Å². The molecule has 0 fully saturated rings. The third-order valence-electron chi connectivity index (χ3n) is 3.40. The zero-order valence-corrected chi connectivity index (χ0v) is 12.0. The number of rotatable bonds is 4. The van der Waals surface area contributed by atoms with Gasteiger partial charge in [0.05, 0.1) is 0 Å². The van der Waals surface area contributed by atoms with Crippen LogP contribution in [0.1, 0.15) is 29.5 Å². The quantitative estimate of drug-likeness (QED) is 0.850. The van der Waals surface area contributed by atoms with E-state index in [2.05, 4.69) is 0 Å². The molecule has 2 aromatic rings. The van der Waals surface area contributed by atoms with Crippen LogP contribution in [-0.4, -0.2) is 11.1 Å². The van der Waals surface area contributed by atoms with E-state index in [1.807, 2.05) is 31.2 Å². The maximum atomic E-state index is 13.5. The van der Waals surface area contributed by atoms with E-state index in [1.54, 1.807) is 25.1 Å². The second-order valence-corrected chi connectivity index (χ2v) is 5.10. The normalized spacial score (nSPS) is 13.0. The molecule has 108 valence electrons. The topological polar surface area (TPSA) is 37.3 Å². The monoisotopic (exact) mass is 284 g/mol. The van der Waals surface area contributed by atoms with Gasteiger partial charge >= 0.3 is 5.97 Å². The molecule has 1 N–H and O–H groups in total. The third kappa shape index (κ3) is 3.78. The summed E-state index contributed by atoms with van der Waals surface area (Å²) >= 11 is 0.